The van der Waals surface area contributed by atoms with Gasteiger partial charge in [0.2, 0.25) is 5.91 Å². The summed E-state index contributed by atoms with van der Waals surface area (Å²) in [6.45, 7) is 0.756. The van der Waals surface area contributed by atoms with Crippen LogP contribution in [0.2, 0.25) is 0 Å². The Morgan fingerprint density at radius 2 is 1.73 bits per heavy atom. The fourth-order valence-electron chi connectivity index (χ4n) is 4.03. The van der Waals surface area contributed by atoms with Gasteiger partial charge in [-0.25, -0.2) is 0 Å². The molecule has 33 heavy (non-hydrogen) atoms. The van der Waals surface area contributed by atoms with Gasteiger partial charge in [-0.05, 0) is 55.0 Å². The van der Waals surface area contributed by atoms with Crippen LogP contribution in [-0.2, 0) is 11.2 Å². The summed E-state index contributed by atoms with van der Waals surface area (Å²) >= 11 is 0. The molecule has 1 amide bonds. The molecule has 1 fully saturated rings. The molecular weight excluding hydrogens is 412 g/mol. The summed E-state index contributed by atoms with van der Waals surface area (Å²) in [6, 6.07) is 21.3. The van der Waals surface area contributed by atoms with E-state index in [-0.39, 0.29) is 11.3 Å². The molecule has 0 aliphatic heterocycles. The Kier molecular flexibility index (Phi) is 5.89. The monoisotopic (exact) mass is 438 g/mol. The Hall–Kier alpha value is -3.93. The number of amides is 1. The number of aryl methyl sites for hydroxylation is 1. The van der Waals surface area contributed by atoms with Crippen LogP contribution in [0.25, 0.3) is 16.6 Å². The summed E-state index contributed by atoms with van der Waals surface area (Å²) < 4.78 is 2.04. The Morgan fingerprint density at radius 1 is 1.00 bits per heavy atom. The van der Waals surface area contributed by atoms with Crippen molar-refractivity contribution < 1.29 is 4.79 Å². The molecule has 0 bridgehead atoms. The van der Waals surface area contributed by atoms with Gasteiger partial charge < -0.3 is 10.6 Å². The van der Waals surface area contributed by atoms with Crippen molar-refractivity contribution in [2.75, 3.05) is 11.9 Å². The third-order valence-electron chi connectivity index (χ3n) is 5.96. The molecule has 2 aromatic heterocycles. The molecule has 166 valence electrons. The lowest BCUT2D eigenvalue weighted by molar-refractivity contribution is -0.121. The van der Waals surface area contributed by atoms with Crippen molar-refractivity contribution in [3.05, 3.63) is 94.9 Å². The standard InChI is InChI=1S/C27H26N4O2/c32-24-15-25(30-21-7-3-1-4-8-21)31(22-9-5-2-6-10-22)27-20(17-28-18-23(24)27)13-14-26(33)29-16-19-11-12-19/h1-10,15,17-19,30H,11-14,16H2,(H,29,33). The first kappa shape index (κ1) is 20.9. The quantitative estimate of drug-likeness (QED) is 0.422. The highest BCUT2D eigenvalue weighted by atomic mass is 16.1. The second-order valence-corrected chi connectivity index (χ2v) is 8.50. The van der Waals surface area contributed by atoms with Crippen LogP contribution in [0, 0.1) is 5.92 Å². The van der Waals surface area contributed by atoms with E-state index >= 15 is 0 Å². The lowest BCUT2D eigenvalue weighted by atomic mass is 10.1. The topological polar surface area (TPSA) is 76.0 Å². The molecular formula is C27H26N4O2. The SMILES string of the molecule is O=C(CCc1cncc2c(=O)cc(Nc3ccccc3)n(-c3ccccc3)c12)NCC1CC1. The Balaban J connectivity index is 1.59. The minimum Gasteiger partial charge on any atom is -0.356 e. The van der Waals surface area contributed by atoms with Crippen molar-refractivity contribution in [3.8, 4) is 5.69 Å². The zero-order valence-corrected chi connectivity index (χ0v) is 18.3. The number of pyridine rings is 2. The molecule has 0 atom stereocenters. The molecule has 0 unspecified atom stereocenters. The van der Waals surface area contributed by atoms with Crippen LogP contribution < -0.4 is 16.1 Å². The van der Waals surface area contributed by atoms with Crippen molar-refractivity contribution >= 4 is 28.3 Å². The van der Waals surface area contributed by atoms with Gasteiger partial charge in [0, 0.05) is 42.8 Å². The number of para-hydroxylation sites is 2. The average molecular weight is 439 g/mol. The van der Waals surface area contributed by atoms with Crippen LogP contribution in [0.4, 0.5) is 11.5 Å². The van der Waals surface area contributed by atoms with E-state index in [4.69, 9.17) is 0 Å². The number of fused-ring (bicyclic) bond motifs is 1. The highest BCUT2D eigenvalue weighted by Gasteiger charge is 2.22. The first-order valence-corrected chi connectivity index (χ1v) is 11.4. The first-order chi connectivity index (χ1) is 16.2. The Morgan fingerprint density at radius 3 is 2.45 bits per heavy atom. The molecule has 4 aromatic rings. The van der Waals surface area contributed by atoms with Gasteiger partial charge in [0.1, 0.15) is 5.82 Å². The van der Waals surface area contributed by atoms with Crippen LogP contribution in [0.1, 0.15) is 24.8 Å². The summed E-state index contributed by atoms with van der Waals surface area (Å²) in [7, 11) is 0. The van der Waals surface area contributed by atoms with Crippen molar-refractivity contribution in [2.45, 2.75) is 25.7 Å². The molecule has 2 N–H and O–H groups in total. The maximum Gasteiger partial charge on any atom is 0.220 e. The lowest BCUT2D eigenvalue weighted by Crippen LogP contribution is -2.25. The summed E-state index contributed by atoms with van der Waals surface area (Å²) in [4.78, 5) is 29.8. The van der Waals surface area contributed by atoms with E-state index in [0.717, 1.165) is 29.0 Å². The highest BCUT2D eigenvalue weighted by molar-refractivity contribution is 5.86. The van der Waals surface area contributed by atoms with Crippen molar-refractivity contribution in [1.82, 2.24) is 14.9 Å². The van der Waals surface area contributed by atoms with Gasteiger partial charge in [-0.2, -0.15) is 0 Å². The molecule has 0 spiro atoms. The molecule has 2 aromatic carbocycles. The predicted molar refractivity (Wildman–Crippen MR) is 131 cm³/mol. The zero-order chi connectivity index (χ0) is 22.6. The second kappa shape index (κ2) is 9.28. The predicted octanol–water partition coefficient (Wildman–Crippen LogP) is 4.59. The molecule has 0 saturated heterocycles. The number of aromatic nitrogens is 2. The molecule has 1 aliphatic carbocycles. The Labute approximate surface area is 192 Å². The average Bonchev–Trinajstić information content (AvgIpc) is 3.68. The number of carbonyl (C=O) groups excluding carboxylic acids is 1. The minimum atomic E-state index is -0.108. The normalized spacial score (nSPS) is 13.1. The number of hydrogen-bond acceptors (Lipinski definition) is 4. The summed E-state index contributed by atoms with van der Waals surface area (Å²) in [5.41, 5.74) is 3.34. The van der Waals surface area contributed by atoms with E-state index in [0.29, 0.717) is 30.0 Å². The van der Waals surface area contributed by atoms with Gasteiger partial charge in [-0.1, -0.05) is 36.4 Å². The van der Waals surface area contributed by atoms with Crippen LogP contribution in [-0.4, -0.2) is 22.0 Å². The van der Waals surface area contributed by atoms with Crippen LogP contribution >= 0.6 is 0 Å². The van der Waals surface area contributed by atoms with Crippen LogP contribution in [0.15, 0.2) is 83.9 Å². The maximum absolute atomic E-state index is 13.1. The van der Waals surface area contributed by atoms with Gasteiger partial charge in [-0.15, -0.1) is 0 Å². The van der Waals surface area contributed by atoms with E-state index in [1.165, 1.54) is 12.8 Å². The van der Waals surface area contributed by atoms with Gasteiger partial charge in [0.15, 0.2) is 5.43 Å². The van der Waals surface area contributed by atoms with Gasteiger partial charge in [0.25, 0.3) is 0 Å². The largest absolute Gasteiger partial charge is 0.356 e. The molecule has 2 heterocycles. The van der Waals surface area contributed by atoms with Crippen molar-refractivity contribution in [1.29, 1.82) is 0 Å². The summed E-state index contributed by atoms with van der Waals surface area (Å²) in [5, 5.41) is 6.96. The van der Waals surface area contributed by atoms with Crippen molar-refractivity contribution in [2.24, 2.45) is 5.92 Å². The molecule has 6 nitrogen and oxygen atoms in total. The molecule has 1 aliphatic rings. The number of rotatable bonds is 8. The number of benzene rings is 2. The fourth-order valence-corrected chi connectivity index (χ4v) is 4.03. The maximum atomic E-state index is 13.1. The molecule has 1 saturated carbocycles. The van der Waals surface area contributed by atoms with Crippen molar-refractivity contribution in [3.63, 3.8) is 0 Å². The highest BCUT2D eigenvalue weighted by Crippen LogP contribution is 2.28. The van der Waals surface area contributed by atoms with E-state index in [1.807, 2.05) is 65.2 Å². The number of carbonyl (C=O) groups is 1. The van der Waals surface area contributed by atoms with E-state index in [9.17, 15) is 9.59 Å². The summed E-state index contributed by atoms with van der Waals surface area (Å²) in [6.07, 6.45) is 6.64. The third kappa shape index (κ3) is 4.80. The Bertz CT molecular complexity index is 1330. The number of nitrogens with zero attached hydrogens (tertiary/aromatic N) is 2. The van der Waals surface area contributed by atoms with Crippen LogP contribution in [0.3, 0.4) is 0 Å². The molecule has 6 heteroatoms. The first-order valence-electron chi connectivity index (χ1n) is 11.4. The van der Waals surface area contributed by atoms with E-state index in [2.05, 4.69) is 15.6 Å². The number of nitrogens with one attached hydrogen (secondary N) is 2. The zero-order valence-electron chi connectivity index (χ0n) is 18.3. The summed E-state index contributed by atoms with van der Waals surface area (Å²) in [5.74, 6) is 1.34. The van der Waals surface area contributed by atoms with Crippen LogP contribution in [0.5, 0.6) is 0 Å². The number of anilines is 2. The lowest BCUT2D eigenvalue weighted by Gasteiger charge is -2.20. The fraction of sp³-hybridized carbons (Fsp3) is 0.222. The molecule has 5 rings (SSSR count). The second-order valence-electron chi connectivity index (χ2n) is 8.50. The minimum absolute atomic E-state index is 0.0334. The van der Waals surface area contributed by atoms with Gasteiger partial charge in [-0.3, -0.25) is 19.1 Å². The smallest absolute Gasteiger partial charge is 0.220 e. The van der Waals surface area contributed by atoms with Gasteiger partial charge in [0.05, 0.1) is 10.9 Å². The third-order valence-corrected chi connectivity index (χ3v) is 5.96. The van der Waals surface area contributed by atoms with Gasteiger partial charge >= 0.3 is 0 Å². The van der Waals surface area contributed by atoms with E-state index < -0.39 is 0 Å². The molecule has 0 radical (unpaired) electrons. The van der Waals surface area contributed by atoms with E-state index in [1.54, 1.807) is 18.5 Å². The number of hydrogen-bond donors (Lipinski definition) is 2.